The fraction of sp³-hybridized carbons (Fsp3) is 0.333. The molecule has 2 aromatic carbocycles. The Balaban J connectivity index is 1.59. The average Bonchev–Trinajstić information content (AvgIpc) is 3.17. The highest BCUT2D eigenvalue weighted by molar-refractivity contribution is 7.18. The first-order chi connectivity index (χ1) is 13.2. The molecule has 1 saturated heterocycles. The normalized spacial score (nSPS) is 17.1. The summed E-state index contributed by atoms with van der Waals surface area (Å²) in [6.07, 6.45) is 2.03. The Hall–Kier alpha value is -2.60. The Morgan fingerprint density at radius 1 is 1.15 bits per heavy atom. The first-order valence-corrected chi connectivity index (χ1v) is 9.88. The molecule has 1 aromatic heterocycles. The molecular weight excluding hydrogens is 360 g/mol. The molecule has 1 amide bonds. The number of ether oxygens (including phenoxy) is 2. The Bertz CT molecular complexity index is 936. The van der Waals surface area contributed by atoms with Gasteiger partial charge in [0.2, 0.25) is 0 Å². The maximum atomic E-state index is 13.2. The number of carbonyl (C=O) groups excluding carboxylic acids is 1. The number of methoxy groups -OCH3 is 2. The van der Waals surface area contributed by atoms with Gasteiger partial charge in [-0.15, -0.1) is 11.3 Å². The van der Waals surface area contributed by atoms with E-state index in [-0.39, 0.29) is 11.8 Å². The molecule has 6 heteroatoms. The summed E-state index contributed by atoms with van der Waals surface area (Å²) >= 11 is 1.73. The van der Waals surface area contributed by atoms with Gasteiger partial charge in [-0.05, 0) is 37.1 Å². The third kappa shape index (κ3) is 3.37. The van der Waals surface area contributed by atoms with E-state index in [4.69, 9.17) is 14.5 Å². The average molecular weight is 382 g/mol. The minimum Gasteiger partial charge on any atom is -0.493 e. The van der Waals surface area contributed by atoms with Gasteiger partial charge in [0.15, 0.2) is 11.5 Å². The van der Waals surface area contributed by atoms with Crippen LogP contribution < -0.4 is 9.47 Å². The van der Waals surface area contributed by atoms with E-state index in [9.17, 15) is 4.79 Å². The van der Waals surface area contributed by atoms with Gasteiger partial charge >= 0.3 is 0 Å². The first-order valence-electron chi connectivity index (χ1n) is 9.07. The highest BCUT2D eigenvalue weighted by Gasteiger charge is 2.29. The van der Waals surface area contributed by atoms with E-state index in [2.05, 4.69) is 6.07 Å². The van der Waals surface area contributed by atoms with E-state index in [1.807, 2.05) is 29.2 Å². The molecular formula is C21H22N2O3S. The van der Waals surface area contributed by atoms with Gasteiger partial charge in [0.1, 0.15) is 0 Å². The van der Waals surface area contributed by atoms with Crippen molar-refractivity contribution in [1.82, 2.24) is 9.88 Å². The quantitative estimate of drug-likeness (QED) is 0.674. The van der Waals surface area contributed by atoms with Crippen LogP contribution in [0.3, 0.4) is 0 Å². The van der Waals surface area contributed by atoms with Gasteiger partial charge in [-0.2, -0.15) is 0 Å². The lowest BCUT2D eigenvalue weighted by molar-refractivity contribution is 0.0703. The topological polar surface area (TPSA) is 51.7 Å². The first kappa shape index (κ1) is 17.8. The second kappa shape index (κ2) is 7.56. The summed E-state index contributed by atoms with van der Waals surface area (Å²) < 4.78 is 12.0. The molecule has 1 fully saturated rings. The molecule has 0 aliphatic carbocycles. The van der Waals surface area contributed by atoms with Crippen molar-refractivity contribution in [2.24, 2.45) is 0 Å². The van der Waals surface area contributed by atoms with Crippen molar-refractivity contribution in [3.05, 3.63) is 53.0 Å². The van der Waals surface area contributed by atoms with E-state index < -0.39 is 0 Å². The molecule has 2 heterocycles. The molecule has 27 heavy (non-hydrogen) atoms. The van der Waals surface area contributed by atoms with E-state index in [1.54, 1.807) is 37.7 Å². The molecule has 3 aromatic rings. The zero-order valence-electron chi connectivity index (χ0n) is 15.5. The summed E-state index contributed by atoms with van der Waals surface area (Å²) in [6, 6.07) is 13.6. The smallest absolute Gasteiger partial charge is 0.257 e. The fourth-order valence-electron chi connectivity index (χ4n) is 3.65. The second-order valence-corrected chi connectivity index (χ2v) is 7.71. The van der Waals surface area contributed by atoms with Crippen LogP contribution in [0.25, 0.3) is 10.2 Å². The number of para-hydroxylation sites is 2. The van der Waals surface area contributed by atoms with Crippen LogP contribution in [0.5, 0.6) is 11.5 Å². The largest absolute Gasteiger partial charge is 0.493 e. The molecule has 1 unspecified atom stereocenters. The van der Waals surface area contributed by atoms with Crippen molar-refractivity contribution >= 4 is 27.5 Å². The lowest BCUT2D eigenvalue weighted by Crippen LogP contribution is -2.39. The zero-order chi connectivity index (χ0) is 18.8. The third-order valence-electron chi connectivity index (χ3n) is 5.00. The zero-order valence-corrected chi connectivity index (χ0v) is 16.3. The molecule has 0 saturated carbocycles. The minimum absolute atomic E-state index is 0.0171. The Kier molecular flexibility index (Phi) is 4.99. The molecule has 0 bridgehead atoms. The number of likely N-dealkylation sites (tertiary alicyclic amines) is 1. The molecule has 1 atom stereocenters. The number of thiazole rings is 1. The number of fused-ring (bicyclic) bond motifs is 1. The van der Waals surface area contributed by atoms with Crippen molar-refractivity contribution in [2.75, 3.05) is 27.3 Å². The number of benzene rings is 2. The van der Waals surface area contributed by atoms with Crippen LogP contribution in [0, 0.1) is 0 Å². The van der Waals surface area contributed by atoms with Crippen LogP contribution in [-0.2, 0) is 0 Å². The van der Waals surface area contributed by atoms with Crippen LogP contribution in [0.4, 0.5) is 0 Å². The van der Waals surface area contributed by atoms with E-state index >= 15 is 0 Å². The van der Waals surface area contributed by atoms with Crippen LogP contribution in [0.2, 0.25) is 0 Å². The van der Waals surface area contributed by atoms with Crippen molar-refractivity contribution < 1.29 is 14.3 Å². The maximum Gasteiger partial charge on any atom is 0.257 e. The molecule has 0 radical (unpaired) electrons. The lowest BCUT2D eigenvalue weighted by atomic mass is 9.98. The maximum absolute atomic E-state index is 13.2. The van der Waals surface area contributed by atoms with Crippen LogP contribution in [0.15, 0.2) is 42.5 Å². The van der Waals surface area contributed by atoms with Crippen molar-refractivity contribution in [3.8, 4) is 11.5 Å². The predicted octanol–water partition coefficient (Wildman–Crippen LogP) is 4.33. The summed E-state index contributed by atoms with van der Waals surface area (Å²) in [6.45, 7) is 1.43. The van der Waals surface area contributed by atoms with Gasteiger partial charge in [-0.1, -0.05) is 18.2 Å². The van der Waals surface area contributed by atoms with E-state index in [0.717, 1.165) is 29.9 Å². The lowest BCUT2D eigenvalue weighted by Gasteiger charge is -2.32. The van der Waals surface area contributed by atoms with Crippen molar-refractivity contribution in [1.29, 1.82) is 0 Å². The summed E-state index contributed by atoms with van der Waals surface area (Å²) in [4.78, 5) is 19.9. The Morgan fingerprint density at radius 3 is 2.78 bits per heavy atom. The summed E-state index contributed by atoms with van der Waals surface area (Å²) in [5, 5.41) is 1.12. The molecule has 140 valence electrons. The molecule has 5 nitrogen and oxygen atoms in total. The Morgan fingerprint density at radius 2 is 2.00 bits per heavy atom. The minimum atomic E-state index is -0.0171. The molecule has 1 aliphatic heterocycles. The predicted molar refractivity (Wildman–Crippen MR) is 107 cm³/mol. The van der Waals surface area contributed by atoms with Gasteiger partial charge in [0.25, 0.3) is 5.91 Å². The number of piperidine rings is 1. The summed E-state index contributed by atoms with van der Waals surface area (Å²) in [5.74, 6) is 1.32. The van der Waals surface area contributed by atoms with Gasteiger partial charge < -0.3 is 14.4 Å². The number of carbonyl (C=O) groups is 1. The fourth-order valence-corrected chi connectivity index (χ4v) is 4.75. The number of nitrogens with zero attached hydrogens (tertiary/aromatic N) is 2. The van der Waals surface area contributed by atoms with Crippen molar-refractivity contribution in [3.63, 3.8) is 0 Å². The monoisotopic (exact) mass is 382 g/mol. The number of aromatic nitrogens is 1. The number of amides is 1. The standard InChI is InChI=1S/C21H22N2O3S/c1-25-17-10-5-8-15(19(17)26-2)21(24)23-12-6-7-14(13-23)20-22-16-9-3-4-11-18(16)27-20/h3-5,8-11,14H,6-7,12-13H2,1-2H3. The number of hydrogen-bond donors (Lipinski definition) is 0. The number of hydrogen-bond acceptors (Lipinski definition) is 5. The van der Waals surface area contributed by atoms with Gasteiger partial charge in [-0.3, -0.25) is 4.79 Å². The highest BCUT2D eigenvalue weighted by Crippen LogP contribution is 2.35. The molecule has 4 rings (SSSR count). The van der Waals surface area contributed by atoms with E-state index in [0.29, 0.717) is 23.6 Å². The molecule has 1 aliphatic rings. The van der Waals surface area contributed by atoms with Gasteiger partial charge in [-0.25, -0.2) is 4.98 Å². The van der Waals surface area contributed by atoms with Gasteiger partial charge in [0, 0.05) is 19.0 Å². The highest BCUT2D eigenvalue weighted by atomic mass is 32.1. The SMILES string of the molecule is COc1cccc(C(=O)N2CCCC(c3nc4ccccc4s3)C2)c1OC. The molecule has 0 N–H and O–H groups in total. The molecule has 0 spiro atoms. The van der Waals surface area contributed by atoms with Crippen LogP contribution in [0.1, 0.15) is 34.1 Å². The van der Waals surface area contributed by atoms with Gasteiger partial charge in [0.05, 0.1) is 35.0 Å². The number of rotatable bonds is 4. The summed E-state index contributed by atoms with van der Waals surface area (Å²) in [7, 11) is 3.14. The third-order valence-corrected chi connectivity index (χ3v) is 6.20. The second-order valence-electron chi connectivity index (χ2n) is 6.65. The Labute approximate surface area is 162 Å². The van der Waals surface area contributed by atoms with Crippen LogP contribution in [-0.4, -0.2) is 43.1 Å². The van der Waals surface area contributed by atoms with Crippen LogP contribution >= 0.6 is 11.3 Å². The van der Waals surface area contributed by atoms with E-state index in [1.165, 1.54) is 4.70 Å². The van der Waals surface area contributed by atoms with Crippen molar-refractivity contribution in [2.45, 2.75) is 18.8 Å². The summed E-state index contributed by atoms with van der Waals surface area (Å²) in [5.41, 5.74) is 1.58.